The average molecular weight is 456 g/mol. The second-order valence-corrected chi connectivity index (χ2v) is 8.31. The molecule has 2 N–H and O–H groups in total. The van der Waals surface area contributed by atoms with E-state index in [1.165, 1.54) is 0 Å². The number of nitrogens with one attached hydrogen (secondary N) is 2. The summed E-state index contributed by atoms with van der Waals surface area (Å²) in [5.74, 6) is 0.161. The fourth-order valence-corrected chi connectivity index (χ4v) is 4.76. The van der Waals surface area contributed by atoms with Crippen LogP contribution in [0.1, 0.15) is 33.4 Å². The van der Waals surface area contributed by atoms with Crippen molar-refractivity contribution in [3.8, 4) is 11.5 Å². The molecule has 34 heavy (non-hydrogen) atoms. The molecular weight excluding hydrogens is 430 g/mol. The summed E-state index contributed by atoms with van der Waals surface area (Å²) < 4.78 is 10.9. The number of fused-ring (bicyclic) bond motifs is 2. The lowest BCUT2D eigenvalue weighted by molar-refractivity contribution is -0.119. The molecule has 0 spiro atoms. The normalized spacial score (nSPS) is 17.4. The molecule has 1 aliphatic heterocycles. The Bertz CT molecular complexity index is 1390. The first-order chi connectivity index (χ1) is 16.5. The van der Waals surface area contributed by atoms with Crippen molar-refractivity contribution in [3.63, 3.8) is 0 Å². The quantitative estimate of drug-likeness (QED) is 0.456. The van der Waals surface area contributed by atoms with Gasteiger partial charge in [0.1, 0.15) is 0 Å². The number of rotatable bonds is 5. The average Bonchev–Trinajstić information content (AvgIpc) is 3.33. The molecule has 172 valence electrons. The SMILES string of the molecule is COc1ccc(C2C(C(=O)Nc3ccc4cc[nH]c4c3)c3ccccc3C(=O)N2C)cc1OC. The van der Waals surface area contributed by atoms with E-state index in [4.69, 9.17) is 9.47 Å². The van der Waals surface area contributed by atoms with Crippen molar-refractivity contribution in [1.82, 2.24) is 9.88 Å². The number of methoxy groups -OCH3 is 2. The van der Waals surface area contributed by atoms with Crippen LogP contribution in [0, 0.1) is 0 Å². The van der Waals surface area contributed by atoms with Gasteiger partial charge in [-0.2, -0.15) is 0 Å². The number of carbonyl (C=O) groups is 2. The lowest BCUT2D eigenvalue weighted by Gasteiger charge is -2.40. The van der Waals surface area contributed by atoms with Crippen LogP contribution >= 0.6 is 0 Å². The van der Waals surface area contributed by atoms with Crippen LogP contribution in [0.3, 0.4) is 0 Å². The molecule has 0 radical (unpaired) electrons. The van der Waals surface area contributed by atoms with Gasteiger partial charge in [0.25, 0.3) is 5.91 Å². The second kappa shape index (κ2) is 8.59. The topological polar surface area (TPSA) is 83.7 Å². The molecule has 0 fully saturated rings. The van der Waals surface area contributed by atoms with Crippen LogP contribution in [0.5, 0.6) is 11.5 Å². The largest absolute Gasteiger partial charge is 0.493 e. The molecule has 0 saturated carbocycles. The Morgan fingerprint density at radius 3 is 2.56 bits per heavy atom. The molecule has 0 saturated heterocycles. The van der Waals surface area contributed by atoms with E-state index >= 15 is 0 Å². The predicted octanol–water partition coefficient (Wildman–Crippen LogP) is 4.73. The van der Waals surface area contributed by atoms with E-state index in [1.54, 1.807) is 38.3 Å². The summed E-state index contributed by atoms with van der Waals surface area (Å²) in [5, 5.41) is 4.13. The van der Waals surface area contributed by atoms with Gasteiger partial charge in [-0.3, -0.25) is 9.59 Å². The van der Waals surface area contributed by atoms with Gasteiger partial charge in [0.2, 0.25) is 5.91 Å². The maximum Gasteiger partial charge on any atom is 0.254 e. The minimum Gasteiger partial charge on any atom is -0.493 e. The molecule has 2 heterocycles. The summed E-state index contributed by atoms with van der Waals surface area (Å²) in [7, 11) is 4.86. The van der Waals surface area contributed by atoms with E-state index < -0.39 is 12.0 Å². The number of likely N-dealkylation sites (N-methyl/N-ethyl adjacent to an activating group) is 1. The molecule has 2 atom stereocenters. The van der Waals surface area contributed by atoms with Crippen LogP contribution in [0.2, 0.25) is 0 Å². The molecule has 1 aliphatic rings. The van der Waals surface area contributed by atoms with Gasteiger partial charge < -0.3 is 24.7 Å². The summed E-state index contributed by atoms with van der Waals surface area (Å²) in [5.41, 5.74) is 3.63. The van der Waals surface area contributed by atoms with Gasteiger partial charge in [-0.1, -0.05) is 30.3 Å². The summed E-state index contributed by atoms with van der Waals surface area (Å²) in [6.07, 6.45) is 1.86. The molecule has 1 aromatic heterocycles. The Labute approximate surface area is 197 Å². The maximum atomic E-state index is 13.8. The number of hydrogen-bond acceptors (Lipinski definition) is 4. The molecule has 5 rings (SSSR count). The monoisotopic (exact) mass is 455 g/mol. The van der Waals surface area contributed by atoms with Crippen molar-refractivity contribution in [2.24, 2.45) is 0 Å². The molecule has 2 unspecified atom stereocenters. The summed E-state index contributed by atoms with van der Waals surface area (Å²) in [4.78, 5) is 31.9. The fourth-order valence-electron chi connectivity index (χ4n) is 4.76. The molecule has 3 aromatic carbocycles. The molecule has 2 amide bonds. The van der Waals surface area contributed by atoms with E-state index in [0.29, 0.717) is 28.3 Å². The lowest BCUT2D eigenvalue weighted by atomic mass is 9.79. The summed E-state index contributed by atoms with van der Waals surface area (Å²) in [6.45, 7) is 0. The number of H-pyrrole nitrogens is 1. The van der Waals surface area contributed by atoms with Crippen molar-refractivity contribution in [2.75, 3.05) is 26.6 Å². The third-order valence-electron chi connectivity index (χ3n) is 6.43. The van der Waals surface area contributed by atoms with Gasteiger partial charge >= 0.3 is 0 Å². The smallest absolute Gasteiger partial charge is 0.254 e. The van der Waals surface area contributed by atoms with Gasteiger partial charge in [0.05, 0.1) is 26.2 Å². The molecular formula is C27H25N3O4. The summed E-state index contributed by atoms with van der Waals surface area (Å²) >= 11 is 0. The lowest BCUT2D eigenvalue weighted by Crippen LogP contribution is -2.44. The molecule has 7 nitrogen and oxygen atoms in total. The van der Waals surface area contributed by atoms with Gasteiger partial charge in [0, 0.05) is 30.0 Å². The molecule has 0 bridgehead atoms. The van der Waals surface area contributed by atoms with E-state index in [2.05, 4.69) is 10.3 Å². The standard InChI is InChI=1S/C27H25N3O4/c1-30-25(17-9-11-22(33-2)23(14-17)34-3)24(19-6-4-5-7-20(19)27(30)32)26(31)29-18-10-8-16-12-13-28-21(16)15-18/h4-15,24-25,28H,1-3H3,(H,29,31). The van der Waals surface area contributed by atoms with Crippen LogP contribution in [0.15, 0.2) is 72.9 Å². The molecule has 4 aromatic rings. The Morgan fingerprint density at radius 2 is 1.76 bits per heavy atom. The Kier molecular flexibility index (Phi) is 5.45. The third kappa shape index (κ3) is 3.55. The highest BCUT2D eigenvalue weighted by Gasteiger charge is 2.42. The summed E-state index contributed by atoms with van der Waals surface area (Å²) in [6, 6.07) is 20.0. The highest BCUT2D eigenvalue weighted by molar-refractivity contribution is 6.04. The van der Waals surface area contributed by atoms with Crippen molar-refractivity contribution >= 4 is 28.4 Å². The van der Waals surface area contributed by atoms with Crippen molar-refractivity contribution in [3.05, 3.63) is 89.6 Å². The number of benzene rings is 3. The Hall–Kier alpha value is -4.26. The van der Waals surface area contributed by atoms with Gasteiger partial charge in [-0.05, 0) is 52.9 Å². The highest BCUT2D eigenvalue weighted by Crippen LogP contribution is 2.44. The van der Waals surface area contributed by atoms with Crippen molar-refractivity contribution < 1.29 is 19.1 Å². The minimum atomic E-state index is -0.628. The van der Waals surface area contributed by atoms with Crippen LogP contribution in [0.4, 0.5) is 5.69 Å². The predicted molar refractivity (Wildman–Crippen MR) is 130 cm³/mol. The second-order valence-electron chi connectivity index (χ2n) is 8.31. The number of anilines is 1. The number of carbonyl (C=O) groups excluding carboxylic acids is 2. The van der Waals surface area contributed by atoms with Crippen LogP contribution < -0.4 is 14.8 Å². The van der Waals surface area contributed by atoms with Crippen molar-refractivity contribution in [2.45, 2.75) is 12.0 Å². The Morgan fingerprint density at radius 1 is 0.971 bits per heavy atom. The van der Waals surface area contributed by atoms with Crippen LogP contribution in [-0.4, -0.2) is 43.0 Å². The first kappa shape index (κ1) is 21.6. The van der Waals surface area contributed by atoms with Crippen molar-refractivity contribution in [1.29, 1.82) is 0 Å². The number of hydrogen-bond donors (Lipinski definition) is 2. The highest BCUT2D eigenvalue weighted by atomic mass is 16.5. The zero-order valence-electron chi connectivity index (χ0n) is 19.2. The zero-order chi connectivity index (χ0) is 23.8. The van der Waals surface area contributed by atoms with E-state index in [0.717, 1.165) is 16.5 Å². The van der Waals surface area contributed by atoms with Crippen LogP contribution in [0.25, 0.3) is 10.9 Å². The number of amides is 2. The van der Waals surface area contributed by atoms with Gasteiger partial charge in [0.15, 0.2) is 11.5 Å². The number of ether oxygens (including phenoxy) is 2. The minimum absolute atomic E-state index is 0.132. The van der Waals surface area contributed by atoms with E-state index in [-0.39, 0.29) is 11.8 Å². The van der Waals surface area contributed by atoms with Crippen LogP contribution in [-0.2, 0) is 4.79 Å². The first-order valence-corrected chi connectivity index (χ1v) is 11.0. The van der Waals surface area contributed by atoms with E-state index in [9.17, 15) is 9.59 Å². The molecule has 0 aliphatic carbocycles. The zero-order valence-corrected chi connectivity index (χ0v) is 19.2. The number of aromatic nitrogens is 1. The number of aromatic amines is 1. The maximum absolute atomic E-state index is 13.8. The first-order valence-electron chi connectivity index (χ1n) is 11.0. The third-order valence-corrected chi connectivity index (χ3v) is 6.43. The molecule has 7 heteroatoms. The Balaban J connectivity index is 1.60. The van der Waals surface area contributed by atoms with Gasteiger partial charge in [-0.25, -0.2) is 0 Å². The van der Waals surface area contributed by atoms with E-state index in [1.807, 2.05) is 60.8 Å². The number of nitrogens with zero attached hydrogens (tertiary/aromatic N) is 1. The fraction of sp³-hybridized carbons (Fsp3) is 0.185. The van der Waals surface area contributed by atoms with Gasteiger partial charge in [-0.15, -0.1) is 0 Å².